The molecule has 0 bridgehead atoms. The monoisotopic (exact) mass is 225 g/mol. The van der Waals surface area contributed by atoms with Gasteiger partial charge in [-0.05, 0) is 45.8 Å². The summed E-state index contributed by atoms with van der Waals surface area (Å²) in [5.74, 6) is 0.252. The van der Waals surface area contributed by atoms with Crippen molar-refractivity contribution in [1.82, 2.24) is 15.1 Å². The molecule has 0 radical (unpaired) electrons. The number of hydrogen-bond donors (Lipinski definition) is 1. The van der Waals surface area contributed by atoms with Gasteiger partial charge in [0, 0.05) is 19.1 Å². The Kier molecular flexibility index (Phi) is 4.18. The van der Waals surface area contributed by atoms with E-state index < -0.39 is 0 Å². The molecule has 2 rings (SSSR count). The van der Waals surface area contributed by atoms with Crippen LogP contribution in [-0.4, -0.2) is 61.5 Å². The number of piperidine rings is 1. The lowest BCUT2D eigenvalue weighted by Gasteiger charge is -2.36. The van der Waals surface area contributed by atoms with Gasteiger partial charge in [0.25, 0.3) is 0 Å². The minimum atomic E-state index is 0.252. The molecule has 1 amide bonds. The van der Waals surface area contributed by atoms with Crippen LogP contribution in [0.3, 0.4) is 0 Å². The standard InChI is InChI=1S/C12H23N3O/c1-13-10-12(16)15-8-4-11(5-9-15)14-6-2-3-7-14/h11,13H,2-10H2,1H3. The number of nitrogens with one attached hydrogen (secondary N) is 1. The first-order chi connectivity index (χ1) is 7.81. The molecule has 4 heteroatoms. The molecule has 0 aromatic rings. The van der Waals surface area contributed by atoms with Crippen LogP contribution in [0.15, 0.2) is 0 Å². The fourth-order valence-corrected chi connectivity index (χ4v) is 2.85. The Hall–Kier alpha value is -0.610. The predicted octanol–water partition coefficient (Wildman–Crippen LogP) is 0.293. The summed E-state index contributed by atoms with van der Waals surface area (Å²) >= 11 is 0. The number of carbonyl (C=O) groups excluding carboxylic acids is 1. The normalized spacial score (nSPS) is 23.9. The van der Waals surface area contributed by atoms with E-state index in [1.807, 2.05) is 11.9 Å². The van der Waals surface area contributed by atoms with Crippen molar-refractivity contribution in [2.24, 2.45) is 0 Å². The Morgan fingerprint density at radius 3 is 2.38 bits per heavy atom. The number of hydrogen-bond acceptors (Lipinski definition) is 3. The summed E-state index contributed by atoms with van der Waals surface area (Å²) in [5.41, 5.74) is 0. The molecule has 0 aliphatic carbocycles. The van der Waals surface area contributed by atoms with Crippen LogP contribution in [0.4, 0.5) is 0 Å². The molecule has 2 saturated heterocycles. The smallest absolute Gasteiger partial charge is 0.236 e. The highest BCUT2D eigenvalue weighted by Gasteiger charge is 2.27. The van der Waals surface area contributed by atoms with Crippen LogP contribution in [0.5, 0.6) is 0 Å². The maximum atomic E-state index is 11.7. The molecular weight excluding hydrogens is 202 g/mol. The van der Waals surface area contributed by atoms with Gasteiger partial charge in [0.05, 0.1) is 6.54 Å². The molecule has 0 aromatic carbocycles. The first-order valence-electron chi connectivity index (χ1n) is 6.47. The summed E-state index contributed by atoms with van der Waals surface area (Å²) in [5, 5.41) is 2.93. The summed E-state index contributed by atoms with van der Waals surface area (Å²) in [6, 6.07) is 0.737. The van der Waals surface area contributed by atoms with Gasteiger partial charge in [-0.3, -0.25) is 4.79 Å². The fourth-order valence-electron chi connectivity index (χ4n) is 2.85. The van der Waals surface area contributed by atoms with Crippen molar-refractivity contribution in [2.75, 3.05) is 39.8 Å². The fraction of sp³-hybridized carbons (Fsp3) is 0.917. The summed E-state index contributed by atoms with van der Waals surface area (Å²) in [6.45, 7) is 4.92. The second kappa shape index (κ2) is 5.64. The third kappa shape index (κ3) is 2.74. The van der Waals surface area contributed by atoms with Crippen LogP contribution in [-0.2, 0) is 4.79 Å². The van der Waals surface area contributed by atoms with Crippen LogP contribution in [0.1, 0.15) is 25.7 Å². The van der Waals surface area contributed by atoms with Crippen molar-refractivity contribution in [1.29, 1.82) is 0 Å². The van der Waals surface area contributed by atoms with Gasteiger partial charge in [0.15, 0.2) is 0 Å². The largest absolute Gasteiger partial charge is 0.341 e. The summed E-state index contributed by atoms with van der Waals surface area (Å²) in [6.07, 6.45) is 5.04. The van der Waals surface area contributed by atoms with E-state index in [0.717, 1.165) is 32.0 Å². The minimum Gasteiger partial charge on any atom is -0.341 e. The van der Waals surface area contributed by atoms with Crippen LogP contribution in [0.25, 0.3) is 0 Å². The molecule has 2 aliphatic rings. The van der Waals surface area contributed by atoms with Crippen LogP contribution in [0, 0.1) is 0 Å². The van der Waals surface area contributed by atoms with Crippen LogP contribution < -0.4 is 5.32 Å². The second-order valence-electron chi connectivity index (χ2n) is 4.89. The molecule has 0 atom stereocenters. The lowest BCUT2D eigenvalue weighted by atomic mass is 10.0. The maximum Gasteiger partial charge on any atom is 0.236 e. The highest BCUT2D eigenvalue weighted by molar-refractivity contribution is 5.78. The van der Waals surface area contributed by atoms with Gasteiger partial charge < -0.3 is 15.1 Å². The lowest BCUT2D eigenvalue weighted by Crippen LogP contribution is -2.47. The highest BCUT2D eigenvalue weighted by atomic mass is 16.2. The molecular formula is C12H23N3O. The molecule has 2 heterocycles. The molecule has 16 heavy (non-hydrogen) atoms. The molecule has 0 aromatic heterocycles. The molecule has 92 valence electrons. The number of likely N-dealkylation sites (tertiary alicyclic amines) is 2. The Balaban J connectivity index is 1.75. The van der Waals surface area contributed by atoms with Gasteiger partial charge >= 0.3 is 0 Å². The second-order valence-corrected chi connectivity index (χ2v) is 4.89. The van der Waals surface area contributed by atoms with Crippen LogP contribution >= 0.6 is 0 Å². The van der Waals surface area contributed by atoms with Gasteiger partial charge in [0.1, 0.15) is 0 Å². The van der Waals surface area contributed by atoms with Crippen molar-refractivity contribution < 1.29 is 4.79 Å². The van der Waals surface area contributed by atoms with E-state index >= 15 is 0 Å². The van der Waals surface area contributed by atoms with E-state index in [-0.39, 0.29) is 5.91 Å². The van der Waals surface area contributed by atoms with Crippen molar-refractivity contribution in [3.05, 3.63) is 0 Å². The van der Waals surface area contributed by atoms with E-state index in [4.69, 9.17) is 0 Å². The van der Waals surface area contributed by atoms with Gasteiger partial charge in [-0.1, -0.05) is 0 Å². The molecule has 4 nitrogen and oxygen atoms in total. The molecule has 0 spiro atoms. The maximum absolute atomic E-state index is 11.7. The van der Waals surface area contributed by atoms with Crippen molar-refractivity contribution in [2.45, 2.75) is 31.7 Å². The highest BCUT2D eigenvalue weighted by Crippen LogP contribution is 2.20. The zero-order valence-corrected chi connectivity index (χ0v) is 10.2. The first-order valence-corrected chi connectivity index (χ1v) is 6.47. The molecule has 1 N–H and O–H groups in total. The number of carbonyl (C=O) groups is 1. The van der Waals surface area contributed by atoms with Crippen molar-refractivity contribution in [3.63, 3.8) is 0 Å². The molecule has 2 fully saturated rings. The van der Waals surface area contributed by atoms with Crippen LogP contribution in [0.2, 0.25) is 0 Å². The Morgan fingerprint density at radius 2 is 1.81 bits per heavy atom. The minimum absolute atomic E-state index is 0.252. The topological polar surface area (TPSA) is 35.6 Å². The molecule has 2 aliphatic heterocycles. The number of amides is 1. The lowest BCUT2D eigenvalue weighted by molar-refractivity contribution is -0.131. The third-order valence-electron chi connectivity index (χ3n) is 3.80. The van der Waals surface area contributed by atoms with Gasteiger partial charge in [0.2, 0.25) is 5.91 Å². The van der Waals surface area contributed by atoms with Gasteiger partial charge in [-0.15, -0.1) is 0 Å². The van der Waals surface area contributed by atoms with Gasteiger partial charge in [-0.25, -0.2) is 0 Å². The van der Waals surface area contributed by atoms with Gasteiger partial charge in [-0.2, -0.15) is 0 Å². The van der Waals surface area contributed by atoms with E-state index in [1.54, 1.807) is 0 Å². The van der Waals surface area contributed by atoms with Crippen molar-refractivity contribution in [3.8, 4) is 0 Å². The number of likely N-dealkylation sites (N-methyl/N-ethyl adjacent to an activating group) is 1. The molecule has 0 unspecified atom stereocenters. The summed E-state index contributed by atoms with van der Waals surface area (Å²) in [7, 11) is 1.83. The van der Waals surface area contributed by atoms with E-state index in [9.17, 15) is 4.79 Å². The Morgan fingerprint density at radius 1 is 1.19 bits per heavy atom. The number of rotatable bonds is 3. The Labute approximate surface area is 98.0 Å². The average molecular weight is 225 g/mol. The quantitative estimate of drug-likeness (QED) is 0.750. The summed E-state index contributed by atoms with van der Waals surface area (Å²) < 4.78 is 0. The average Bonchev–Trinajstić information content (AvgIpc) is 2.83. The number of nitrogens with zero attached hydrogens (tertiary/aromatic N) is 2. The predicted molar refractivity (Wildman–Crippen MR) is 64.3 cm³/mol. The Bertz CT molecular complexity index is 230. The zero-order valence-electron chi connectivity index (χ0n) is 10.2. The molecule has 0 saturated carbocycles. The first kappa shape index (κ1) is 11.9. The SMILES string of the molecule is CNCC(=O)N1CCC(N2CCCC2)CC1. The van der Waals surface area contributed by atoms with Crippen molar-refractivity contribution >= 4 is 5.91 Å². The zero-order chi connectivity index (χ0) is 11.4. The third-order valence-corrected chi connectivity index (χ3v) is 3.80. The van der Waals surface area contributed by atoms with E-state index in [0.29, 0.717) is 6.54 Å². The summed E-state index contributed by atoms with van der Waals surface area (Å²) in [4.78, 5) is 16.3. The van der Waals surface area contributed by atoms with E-state index in [1.165, 1.54) is 25.9 Å². The van der Waals surface area contributed by atoms with E-state index in [2.05, 4.69) is 10.2 Å².